The molecule has 0 aliphatic rings. The number of ether oxygens (including phenoxy) is 1. The Morgan fingerprint density at radius 2 is 0.613 bits per heavy atom. The van der Waals surface area contributed by atoms with Crippen LogP contribution in [0.5, 0.6) is 0 Å². The third-order valence-corrected chi connectivity index (χ3v) is 13.8. The summed E-state index contributed by atoms with van der Waals surface area (Å²) in [6.45, 7) is 4.98. The van der Waals surface area contributed by atoms with E-state index < -0.39 is 11.9 Å². The van der Waals surface area contributed by atoms with Crippen molar-refractivity contribution in [3.05, 3.63) is 35.4 Å². The summed E-state index contributed by atoms with van der Waals surface area (Å²) >= 11 is 0. The average molecular weight is 867 g/mol. The second-order valence-electron chi connectivity index (χ2n) is 19.7. The van der Waals surface area contributed by atoms with Crippen LogP contribution in [0.4, 0.5) is 0 Å². The minimum Gasteiger partial charge on any atom is -0.478 e. The van der Waals surface area contributed by atoms with E-state index in [1.165, 1.54) is 295 Å². The van der Waals surface area contributed by atoms with Crippen LogP contribution in [0.25, 0.3) is 0 Å². The smallest absolute Gasteiger partial charge is 0.339 e. The van der Waals surface area contributed by atoms with Gasteiger partial charge in [0.15, 0.2) is 0 Å². The lowest BCUT2D eigenvalue weighted by molar-refractivity contribution is 0.0487. The molecule has 4 nitrogen and oxygen atoms in total. The molecule has 0 saturated carbocycles. The first-order valence-electron chi connectivity index (χ1n) is 28.1. The molecule has 0 spiro atoms. The fourth-order valence-electron chi connectivity index (χ4n) is 9.61. The van der Waals surface area contributed by atoms with Crippen molar-refractivity contribution in [1.29, 1.82) is 0 Å². The summed E-state index contributed by atoms with van der Waals surface area (Å²) < 4.78 is 5.33. The Bertz CT molecular complexity index is 1050. The summed E-state index contributed by atoms with van der Waals surface area (Å²) in [6.07, 6.45) is 65.1. The second kappa shape index (κ2) is 47.1. The summed E-state index contributed by atoms with van der Waals surface area (Å²) in [5.41, 5.74) is 0.135. The Morgan fingerprint density at radius 3 is 0.887 bits per heavy atom. The van der Waals surface area contributed by atoms with Gasteiger partial charge < -0.3 is 9.84 Å². The van der Waals surface area contributed by atoms with Crippen molar-refractivity contribution in [3.63, 3.8) is 0 Å². The lowest BCUT2D eigenvalue weighted by Crippen LogP contribution is -2.12. The van der Waals surface area contributed by atoms with Crippen LogP contribution in [0, 0.1) is 5.92 Å². The van der Waals surface area contributed by atoms with Crippen molar-refractivity contribution >= 4 is 11.9 Å². The number of benzene rings is 1. The first-order chi connectivity index (χ1) is 30.6. The van der Waals surface area contributed by atoms with Crippen LogP contribution in [-0.2, 0) is 4.74 Å². The van der Waals surface area contributed by atoms with Gasteiger partial charge in [-0.3, -0.25) is 0 Å². The van der Waals surface area contributed by atoms with Crippen molar-refractivity contribution < 1.29 is 19.4 Å². The molecule has 0 fully saturated rings. The highest BCUT2D eigenvalue weighted by atomic mass is 16.5. The van der Waals surface area contributed by atoms with Gasteiger partial charge >= 0.3 is 11.9 Å². The quantitative estimate of drug-likeness (QED) is 0.0523. The van der Waals surface area contributed by atoms with E-state index in [9.17, 15) is 14.7 Å². The predicted octanol–water partition coefficient (Wildman–Crippen LogP) is 20.1. The minimum atomic E-state index is -1.10. The van der Waals surface area contributed by atoms with E-state index in [0.29, 0.717) is 6.61 Å². The molecule has 0 aliphatic carbocycles. The summed E-state index contributed by atoms with van der Waals surface area (Å²) in [5, 5.41) is 9.27. The summed E-state index contributed by atoms with van der Waals surface area (Å²) in [7, 11) is 0. The first-order valence-corrected chi connectivity index (χ1v) is 28.1. The number of aromatic carboxylic acids is 1. The van der Waals surface area contributed by atoms with E-state index in [1.807, 2.05) is 0 Å². The molecule has 1 N–H and O–H groups in total. The van der Waals surface area contributed by atoms with E-state index in [1.54, 1.807) is 12.1 Å². The maximum absolute atomic E-state index is 12.3. The lowest BCUT2D eigenvalue weighted by atomic mass is 9.89. The van der Waals surface area contributed by atoms with Gasteiger partial charge in [-0.25, -0.2) is 9.59 Å². The van der Waals surface area contributed by atoms with E-state index in [-0.39, 0.29) is 11.1 Å². The Kier molecular flexibility index (Phi) is 44.2. The average Bonchev–Trinajstić information content (AvgIpc) is 3.28. The Labute approximate surface area is 387 Å². The van der Waals surface area contributed by atoms with E-state index in [4.69, 9.17) is 4.74 Å². The molecule has 62 heavy (non-hydrogen) atoms. The van der Waals surface area contributed by atoms with E-state index in [2.05, 4.69) is 13.8 Å². The molecule has 0 aliphatic heterocycles. The Hall–Kier alpha value is -1.84. The molecule has 0 atom stereocenters. The van der Waals surface area contributed by atoms with Crippen molar-refractivity contribution in [2.75, 3.05) is 6.61 Å². The van der Waals surface area contributed by atoms with Crippen LogP contribution >= 0.6 is 0 Å². The van der Waals surface area contributed by atoms with Crippen molar-refractivity contribution in [2.45, 2.75) is 309 Å². The van der Waals surface area contributed by atoms with Gasteiger partial charge in [0, 0.05) is 0 Å². The Balaban J connectivity index is 2.07. The van der Waals surface area contributed by atoms with Crippen LogP contribution < -0.4 is 0 Å². The summed E-state index contributed by atoms with van der Waals surface area (Å²) in [5.74, 6) is -0.649. The van der Waals surface area contributed by atoms with Crippen molar-refractivity contribution in [2.24, 2.45) is 5.92 Å². The third-order valence-electron chi connectivity index (χ3n) is 13.8. The highest BCUT2D eigenvalue weighted by molar-refractivity contribution is 6.02. The van der Waals surface area contributed by atoms with Crippen molar-refractivity contribution in [3.8, 4) is 0 Å². The fraction of sp³-hybridized carbons (Fsp3) is 0.862. The molecule has 0 saturated heterocycles. The normalized spacial score (nSPS) is 11.5. The number of carboxylic acids is 1. The monoisotopic (exact) mass is 867 g/mol. The molecule has 0 radical (unpaired) electrons. The molecule has 1 aromatic rings. The molecular formula is C58H106O4. The number of carboxylic acid groups (broad SMARTS) is 1. The minimum absolute atomic E-state index is 0.00172. The third kappa shape index (κ3) is 38.6. The number of unbranched alkanes of at least 4 members (excludes halogenated alkanes) is 40. The summed E-state index contributed by atoms with van der Waals surface area (Å²) in [4.78, 5) is 23.6. The van der Waals surface area contributed by atoms with Gasteiger partial charge in [0.25, 0.3) is 0 Å². The molecule has 362 valence electrons. The van der Waals surface area contributed by atoms with Crippen LogP contribution in [0.1, 0.15) is 330 Å². The fourth-order valence-corrected chi connectivity index (χ4v) is 9.61. The lowest BCUT2D eigenvalue weighted by Gasteiger charge is -2.17. The molecule has 0 heterocycles. The van der Waals surface area contributed by atoms with Gasteiger partial charge in [0.1, 0.15) is 0 Å². The standard InChI is InChI=1S/C58H106O4/c1-3-5-7-9-11-13-15-17-22-26-30-34-38-42-48-54(49-43-39-35-31-27-23-18-16-14-12-10-8-6-4-2)50-44-40-36-32-28-24-20-19-21-25-29-33-37-41-47-53-62-58(61)56-52-46-45-51-55(56)57(59)60/h45-46,51-52,54H,3-44,47-50,53H2,1-2H3,(H,59,60). The number of carbonyl (C=O) groups is 2. The number of hydrogen-bond donors (Lipinski definition) is 1. The maximum atomic E-state index is 12.3. The van der Waals surface area contributed by atoms with Crippen LogP contribution in [0.3, 0.4) is 0 Å². The number of rotatable bonds is 50. The largest absolute Gasteiger partial charge is 0.478 e. The molecule has 1 aromatic carbocycles. The number of carbonyl (C=O) groups excluding carboxylic acids is 1. The van der Waals surface area contributed by atoms with Crippen LogP contribution in [0.2, 0.25) is 0 Å². The van der Waals surface area contributed by atoms with Gasteiger partial charge in [-0.15, -0.1) is 0 Å². The zero-order valence-electron chi connectivity index (χ0n) is 41.8. The van der Waals surface area contributed by atoms with Gasteiger partial charge in [-0.1, -0.05) is 315 Å². The van der Waals surface area contributed by atoms with E-state index in [0.717, 1.165) is 18.8 Å². The Morgan fingerprint density at radius 1 is 0.371 bits per heavy atom. The maximum Gasteiger partial charge on any atom is 0.339 e. The number of hydrogen-bond acceptors (Lipinski definition) is 3. The molecule has 0 bridgehead atoms. The molecular weight excluding hydrogens is 761 g/mol. The molecule has 4 heteroatoms. The molecule has 0 amide bonds. The zero-order valence-corrected chi connectivity index (χ0v) is 41.8. The van der Waals surface area contributed by atoms with Gasteiger partial charge in [0.05, 0.1) is 17.7 Å². The highest BCUT2D eigenvalue weighted by Gasteiger charge is 2.16. The number of esters is 1. The van der Waals surface area contributed by atoms with Crippen LogP contribution in [0.15, 0.2) is 24.3 Å². The topological polar surface area (TPSA) is 63.6 Å². The summed E-state index contributed by atoms with van der Waals surface area (Å²) in [6, 6.07) is 6.25. The van der Waals surface area contributed by atoms with Gasteiger partial charge in [-0.05, 0) is 24.5 Å². The predicted molar refractivity (Wildman–Crippen MR) is 271 cm³/mol. The van der Waals surface area contributed by atoms with Crippen LogP contribution in [-0.4, -0.2) is 23.7 Å². The SMILES string of the molecule is CCCCCCCCCCCCCCCCC(CCCCCCCCCCCCCCCC)CCCCCCCCCCCCCCCCCOC(=O)c1ccccc1C(=O)O. The highest BCUT2D eigenvalue weighted by Crippen LogP contribution is 2.26. The zero-order chi connectivity index (χ0) is 44.7. The first kappa shape index (κ1) is 58.2. The second-order valence-corrected chi connectivity index (χ2v) is 19.7. The molecule has 0 aromatic heterocycles. The van der Waals surface area contributed by atoms with Crippen molar-refractivity contribution in [1.82, 2.24) is 0 Å². The van der Waals surface area contributed by atoms with Gasteiger partial charge in [-0.2, -0.15) is 0 Å². The van der Waals surface area contributed by atoms with E-state index >= 15 is 0 Å². The molecule has 1 rings (SSSR count). The van der Waals surface area contributed by atoms with Gasteiger partial charge in [0.2, 0.25) is 0 Å². The molecule has 0 unspecified atom stereocenters.